The van der Waals surface area contributed by atoms with Crippen LogP contribution in [0.15, 0.2) is 24.0 Å². The molecule has 90 valence electrons. The van der Waals surface area contributed by atoms with Crippen LogP contribution in [0.1, 0.15) is 12.0 Å². The second-order valence-corrected chi connectivity index (χ2v) is 3.94. The van der Waals surface area contributed by atoms with Crippen LogP contribution < -0.4 is 16.8 Å². The lowest BCUT2D eigenvalue weighted by molar-refractivity contribution is -0.119. The van der Waals surface area contributed by atoms with Gasteiger partial charge in [-0.15, -0.1) is 0 Å². The molecule has 0 spiro atoms. The van der Waals surface area contributed by atoms with Crippen LogP contribution in [0.2, 0.25) is 0 Å². The summed E-state index contributed by atoms with van der Waals surface area (Å²) in [6.07, 6.45) is 4.44. The van der Waals surface area contributed by atoms with Crippen molar-refractivity contribution in [2.75, 3.05) is 5.32 Å². The van der Waals surface area contributed by atoms with Crippen molar-refractivity contribution in [1.29, 1.82) is 0 Å². The zero-order valence-corrected chi connectivity index (χ0v) is 9.13. The van der Waals surface area contributed by atoms with Gasteiger partial charge in [-0.05, 0) is 24.1 Å². The number of nitrogens with two attached hydrogens (primary N) is 2. The first kappa shape index (κ1) is 11.6. The number of aliphatic hydroxyl groups is 1. The molecule has 1 unspecified atom stereocenters. The zero-order chi connectivity index (χ0) is 12.4. The number of nitrogens with one attached hydrogen (secondary N) is 1. The van der Waals surface area contributed by atoms with Crippen LogP contribution in [0.3, 0.4) is 0 Å². The van der Waals surface area contributed by atoms with Crippen molar-refractivity contribution in [3.63, 3.8) is 0 Å². The molecular formula is C11H14N4O2. The van der Waals surface area contributed by atoms with Crippen LogP contribution >= 0.6 is 0 Å². The number of hydrogen-bond donors (Lipinski definition) is 4. The molecule has 0 bridgehead atoms. The Kier molecular flexibility index (Phi) is 3.08. The Morgan fingerprint density at radius 2 is 2.41 bits per heavy atom. The predicted molar refractivity (Wildman–Crippen MR) is 63.6 cm³/mol. The molecular weight excluding hydrogens is 220 g/mol. The lowest BCUT2D eigenvalue weighted by Gasteiger charge is -2.25. The van der Waals surface area contributed by atoms with Gasteiger partial charge in [0.05, 0.1) is 6.04 Å². The van der Waals surface area contributed by atoms with E-state index < -0.39 is 18.2 Å². The van der Waals surface area contributed by atoms with Crippen molar-refractivity contribution in [1.82, 2.24) is 4.98 Å². The van der Waals surface area contributed by atoms with Crippen molar-refractivity contribution in [3.05, 3.63) is 29.6 Å². The van der Waals surface area contributed by atoms with Gasteiger partial charge in [0.25, 0.3) is 0 Å². The number of fused-ring (bicyclic) bond motifs is 1. The van der Waals surface area contributed by atoms with E-state index in [9.17, 15) is 9.90 Å². The number of hydrogen-bond acceptors (Lipinski definition) is 5. The van der Waals surface area contributed by atoms with E-state index >= 15 is 0 Å². The molecule has 2 rings (SSSR count). The minimum atomic E-state index is -0.852. The van der Waals surface area contributed by atoms with Crippen LogP contribution in [-0.4, -0.2) is 28.3 Å². The van der Waals surface area contributed by atoms with E-state index in [1.807, 2.05) is 0 Å². The van der Waals surface area contributed by atoms with Gasteiger partial charge in [-0.3, -0.25) is 9.78 Å². The van der Waals surface area contributed by atoms with Gasteiger partial charge in [0.2, 0.25) is 5.91 Å². The van der Waals surface area contributed by atoms with Crippen molar-refractivity contribution < 1.29 is 9.90 Å². The number of amides is 1. The number of primary amides is 1. The third-order valence-corrected chi connectivity index (χ3v) is 2.66. The molecule has 0 aromatic carbocycles. The highest BCUT2D eigenvalue weighted by Gasteiger charge is 2.21. The number of aliphatic hydroxyl groups excluding tert-OH is 1. The van der Waals surface area contributed by atoms with E-state index in [-0.39, 0.29) is 6.42 Å². The third-order valence-electron chi connectivity index (χ3n) is 2.66. The highest BCUT2D eigenvalue weighted by molar-refractivity contribution is 5.81. The third kappa shape index (κ3) is 2.43. The molecule has 6 N–H and O–H groups in total. The first-order valence-electron chi connectivity index (χ1n) is 5.22. The first-order chi connectivity index (χ1) is 8.08. The SMILES string of the molecule is NC(=O)[C@@H](N)CC1=Cc2cnccc2NC1O. The molecule has 1 aromatic heterocycles. The summed E-state index contributed by atoms with van der Waals surface area (Å²) in [4.78, 5) is 14.9. The Hall–Kier alpha value is -1.92. The largest absolute Gasteiger partial charge is 0.370 e. The number of aromatic nitrogens is 1. The molecule has 1 amide bonds. The standard InChI is InChI=1S/C11H14N4O2/c12-8(10(13)16)4-6-3-7-5-14-2-1-9(7)15-11(6)17/h1-3,5,8,11,15,17H,4,12H2,(H2,13,16)/t8-,11?/m0/s1. The number of anilines is 1. The summed E-state index contributed by atoms with van der Waals surface area (Å²) >= 11 is 0. The second-order valence-electron chi connectivity index (χ2n) is 3.94. The lowest BCUT2D eigenvalue weighted by Crippen LogP contribution is -2.39. The van der Waals surface area contributed by atoms with Gasteiger partial charge >= 0.3 is 0 Å². The molecule has 0 saturated carbocycles. The normalized spacial score (nSPS) is 19.9. The smallest absolute Gasteiger partial charge is 0.234 e. The fourth-order valence-corrected chi connectivity index (χ4v) is 1.70. The van der Waals surface area contributed by atoms with E-state index in [1.165, 1.54) is 0 Å². The van der Waals surface area contributed by atoms with Crippen LogP contribution in [0.4, 0.5) is 5.69 Å². The van der Waals surface area contributed by atoms with E-state index in [1.54, 1.807) is 24.5 Å². The van der Waals surface area contributed by atoms with Crippen molar-refractivity contribution in [2.45, 2.75) is 18.7 Å². The minimum absolute atomic E-state index is 0.220. The molecule has 2 atom stereocenters. The summed E-state index contributed by atoms with van der Waals surface area (Å²) < 4.78 is 0. The average molecular weight is 234 g/mol. The maximum Gasteiger partial charge on any atom is 0.234 e. The fourth-order valence-electron chi connectivity index (χ4n) is 1.70. The fraction of sp³-hybridized carbons (Fsp3) is 0.273. The molecule has 0 aliphatic carbocycles. The number of carbonyl (C=O) groups excluding carboxylic acids is 1. The van der Waals surface area contributed by atoms with E-state index in [0.29, 0.717) is 5.57 Å². The van der Waals surface area contributed by atoms with Gasteiger partial charge in [0, 0.05) is 23.6 Å². The highest BCUT2D eigenvalue weighted by atomic mass is 16.3. The zero-order valence-electron chi connectivity index (χ0n) is 9.13. The van der Waals surface area contributed by atoms with Gasteiger partial charge in [-0.25, -0.2) is 0 Å². The maximum absolute atomic E-state index is 10.9. The Labute approximate surface area is 98.3 Å². The summed E-state index contributed by atoms with van der Waals surface area (Å²) in [5, 5.41) is 12.7. The number of rotatable bonds is 3. The second kappa shape index (κ2) is 4.52. The molecule has 6 nitrogen and oxygen atoms in total. The van der Waals surface area contributed by atoms with E-state index in [4.69, 9.17) is 11.5 Å². The van der Waals surface area contributed by atoms with Crippen LogP contribution in [0.5, 0.6) is 0 Å². The van der Waals surface area contributed by atoms with E-state index in [2.05, 4.69) is 10.3 Å². The van der Waals surface area contributed by atoms with Crippen LogP contribution in [-0.2, 0) is 4.79 Å². The van der Waals surface area contributed by atoms with Gasteiger partial charge in [0.1, 0.15) is 6.23 Å². The molecule has 1 aliphatic heterocycles. The van der Waals surface area contributed by atoms with Gasteiger partial charge < -0.3 is 21.9 Å². The van der Waals surface area contributed by atoms with Crippen molar-refractivity contribution in [2.24, 2.45) is 11.5 Å². The van der Waals surface area contributed by atoms with Crippen LogP contribution in [0, 0.1) is 0 Å². The average Bonchev–Trinajstić information content (AvgIpc) is 2.29. The topological polar surface area (TPSA) is 114 Å². The summed E-state index contributed by atoms with van der Waals surface area (Å²) in [5.74, 6) is -0.588. The number of nitrogens with zero attached hydrogens (tertiary/aromatic N) is 1. The van der Waals surface area contributed by atoms with Gasteiger partial charge in [-0.1, -0.05) is 0 Å². The molecule has 1 aliphatic rings. The number of pyridine rings is 1. The Bertz CT molecular complexity index is 472. The van der Waals surface area contributed by atoms with Gasteiger partial charge in [0.15, 0.2) is 0 Å². The molecule has 6 heteroatoms. The predicted octanol–water partition coefficient (Wildman–Crippen LogP) is -0.588. The molecule has 1 aromatic rings. The minimum Gasteiger partial charge on any atom is -0.370 e. The van der Waals surface area contributed by atoms with Crippen LogP contribution in [0.25, 0.3) is 6.08 Å². The lowest BCUT2D eigenvalue weighted by atomic mass is 9.98. The Balaban J connectivity index is 2.24. The van der Waals surface area contributed by atoms with Gasteiger partial charge in [-0.2, -0.15) is 0 Å². The Morgan fingerprint density at radius 3 is 3.12 bits per heavy atom. The summed E-state index contributed by atoms with van der Waals surface area (Å²) in [6.45, 7) is 0. The molecule has 0 fully saturated rings. The first-order valence-corrected chi connectivity index (χ1v) is 5.22. The monoisotopic (exact) mass is 234 g/mol. The number of carbonyl (C=O) groups is 1. The Morgan fingerprint density at radius 1 is 1.65 bits per heavy atom. The van der Waals surface area contributed by atoms with Crippen molar-refractivity contribution >= 4 is 17.7 Å². The summed E-state index contributed by atoms with van der Waals surface area (Å²) in [6, 6.07) is 0.968. The van der Waals surface area contributed by atoms with Crippen molar-refractivity contribution in [3.8, 4) is 0 Å². The maximum atomic E-state index is 10.9. The highest BCUT2D eigenvalue weighted by Crippen LogP contribution is 2.26. The summed E-state index contributed by atoms with van der Waals surface area (Å²) in [5.41, 5.74) is 12.9. The molecule has 17 heavy (non-hydrogen) atoms. The quantitative estimate of drug-likeness (QED) is 0.558. The summed E-state index contributed by atoms with van der Waals surface area (Å²) in [7, 11) is 0. The van der Waals surface area contributed by atoms with E-state index in [0.717, 1.165) is 11.3 Å². The molecule has 0 radical (unpaired) electrons. The molecule has 2 heterocycles. The molecule has 0 saturated heterocycles.